The first-order chi connectivity index (χ1) is 37.0. The molecule has 0 bridgehead atoms. The molecule has 0 N–H and O–H groups in total. The summed E-state index contributed by atoms with van der Waals surface area (Å²) in [7, 11) is 0. The Hall–Kier alpha value is -7.90. The molecule has 0 atom stereocenters. The van der Waals surface area contributed by atoms with Crippen molar-refractivity contribution in [3.05, 3.63) is 177 Å². The van der Waals surface area contributed by atoms with E-state index in [9.17, 15) is 71.9 Å². The Morgan fingerprint density at radius 3 is 1.27 bits per heavy atom. The highest BCUT2D eigenvalue weighted by Crippen LogP contribution is 2.58. The maximum absolute atomic E-state index is 14.7. The van der Waals surface area contributed by atoms with Crippen LogP contribution in [0.15, 0.2) is 138 Å². The third-order valence-corrected chi connectivity index (χ3v) is 14.3. The van der Waals surface area contributed by atoms with Gasteiger partial charge in [-0.25, -0.2) is 9.59 Å². The van der Waals surface area contributed by atoms with Crippen molar-refractivity contribution in [2.24, 2.45) is 10.3 Å². The molecule has 79 heavy (non-hydrogen) atoms. The summed E-state index contributed by atoms with van der Waals surface area (Å²) in [6, 6.07) is 30.7. The first-order valence-corrected chi connectivity index (χ1v) is 24.6. The first-order valence-electron chi connectivity index (χ1n) is 24.6. The molecule has 0 aliphatic heterocycles. The molecule has 20 heteroatoms. The lowest BCUT2D eigenvalue weighted by Gasteiger charge is -2.34. The molecule has 6 aromatic rings. The van der Waals surface area contributed by atoms with Gasteiger partial charge in [0, 0.05) is 72.6 Å². The van der Waals surface area contributed by atoms with E-state index in [0.717, 1.165) is 13.8 Å². The van der Waals surface area contributed by atoms with Crippen LogP contribution in [0.5, 0.6) is 0 Å². The van der Waals surface area contributed by atoms with Crippen molar-refractivity contribution in [1.29, 1.82) is 0 Å². The molecule has 8 nitrogen and oxygen atoms in total. The molecule has 412 valence electrons. The SMILES string of the molecule is CC(=O)O/N=C(\C(=O)c1ccc2c(c1)C(CCC(F)(F)F)(CCC(F)(F)F)c1cc(-c3ccc(/C(=N/OC(C)=O)C(=O)c4ccc5c(c4)C(CCC(F)(F)F)(CCC(F)(F)F)c4ccccc4-5)c(C)c3)ccc1-2)c1ccccc1. The minimum atomic E-state index is -4.85. The van der Waals surface area contributed by atoms with E-state index in [1.807, 2.05) is 0 Å². The van der Waals surface area contributed by atoms with Gasteiger partial charge in [0.2, 0.25) is 11.6 Å². The van der Waals surface area contributed by atoms with Crippen LogP contribution in [0.25, 0.3) is 33.4 Å². The highest BCUT2D eigenvalue weighted by Gasteiger charge is 2.49. The van der Waals surface area contributed by atoms with Crippen molar-refractivity contribution in [1.82, 2.24) is 0 Å². The number of fused-ring (bicyclic) bond motifs is 6. The number of hydrogen-bond donors (Lipinski definition) is 0. The lowest BCUT2D eigenvalue weighted by atomic mass is 9.70. The fourth-order valence-electron chi connectivity index (χ4n) is 10.8. The van der Waals surface area contributed by atoms with Crippen molar-refractivity contribution in [2.75, 3.05) is 0 Å². The number of halogens is 12. The fraction of sp³-hybridized carbons (Fsp3) is 0.288. The first kappa shape index (κ1) is 57.3. The van der Waals surface area contributed by atoms with Gasteiger partial charge in [0.25, 0.3) is 0 Å². The quantitative estimate of drug-likeness (QED) is 0.0296. The van der Waals surface area contributed by atoms with E-state index in [1.54, 1.807) is 36.4 Å². The molecular weight excluding hydrogens is 1060 g/mol. The van der Waals surface area contributed by atoms with Crippen LogP contribution in [0.4, 0.5) is 52.7 Å². The maximum atomic E-state index is 14.7. The number of ketones is 2. The number of hydrogen-bond acceptors (Lipinski definition) is 8. The molecule has 2 aliphatic rings. The van der Waals surface area contributed by atoms with Gasteiger partial charge in [0.1, 0.15) is 0 Å². The molecule has 8 rings (SSSR count). The second-order valence-corrected chi connectivity index (χ2v) is 19.6. The minimum Gasteiger partial charge on any atom is -0.318 e. The smallest absolute Gasteiger partial charge is 0.318 e. The van der Waals surface area contributed by atoms with Gasteiger partial charge in [0.05, 0.1) is 0 Å². The number of benzene rings is 6. The Labute approximate surface area is 444 Å². The van der Waals surface area contributed by atoms with Crippen molar-refractivity contribution in [2.45, 2.75) is 108 Å². The Kier molecular flexibility index (Phi) is 15.8. The van der Waals surface area contributed by atoms with Crippen molar-refractivity contribution < 1.29 is 81.5 Å². The molecule has 0 heterocycles. The molecule has 0 spiro atoms. The number of Topliss-reactive ketones (excluding diaryl/α,β-unsaturated/α-hetero) is 2. The molecule has 6 aromatic carbocycles. The predicted molar refractivity (Wildman–Crippen MR) is 268 cm³/mol. The third-order valence-electron chi connectivity index (χ3n) is 14.3. The largest absolute Gasteiger partial charge is 0.389 e. The number of alkyl halides is 12. The molecule has 0 unspecified atom stereocenters. The van der Waals surface area contributed by atoms with Gasteiger partial charge in [-0.3, -0.25) is 9.59 Å². The second kappa shape index (κ2) is 21.7. The number of carbonyl (C=O) groups is 4. The van der Waals surface area contributed by atoms with Gasteiger partial charge in [0.15, 0.2) is 11.4 Å². The average Bonchev–Trinajstić information content (AvgIpc) is 4.09. The van der Waals surface area contributed by atoms with Crippen LogP contribution in [0.2, 0.25) is 0 Å². The van der Waals surface area contributed by atoms with Crippen molar-refractivity contribution in [3.8, 4) is 33.4 Å². The zero-order valence-electron chi connectivity index (χ0n) is 42.2. The molecule has 2 aliphatic carbocycles. The van der Waals surface area contributed by atoms with Crippen LogP contribution < -0.4 is 0 Å². The van der Waals surface area contributed by atoms with Crippen LogP contribution in [0.3, 0.4) is 0 Å². The van der Waals surface area contributed by atoms with Gasteiger partial charge in [-0.05, 0) is 112 Å². The summed E-state index contributed by atoms with van der Waals surface area (Å²) in [5, 5.41) is 7.61. The number of nitrogens with zero attached hydrogens (tertiary/aromatic N) is 2. The Morgan fingerprint density at radius 1 is 0.418 bits per heavy atom. The van der Waals surface area contributed by atoms with E-state index in [2.05, 4.69) is 10.3 Å². The number of rotatable bonds is 17. The zero-order chi connectivity index (χ0) is 57.5. The Bertz CT molecular complexity index is 3390. The van der Waals surface area contributed by atoms with Gasteiger partial charge in [-0.15, -0.1) is 0 Å². The Balaban J connectivity index is 1.22. The molecule has 0 radical (unpaired) electrons. The Morgan fingerprint density at radius 2 is 0.797 bits per heavy atom. The molecular formula is C59H46F12N2O6. The standard InChI is InChI=1S/C59H46F12N2O6/c1-33-29-37(13-17-41(33)51(73-79-35(3)75)53(77)40-16-19-43-42-11-7-8-12-46(42)54(48(43)32-40,21-25-56(60,61)62)22-26-57(63,64)65)38-14-18-44-45-20-15-39(52(76)50(72-78-34(2)74)36-9-5-4-6-10-36)31-49(45)55(47(44)30-38,23-27-58(66,67)68)24-28-59(69,70)71/h4-20,29-32H,21-28H2,1-3H3/b72-50-,73-51-. The number of carbonyl (C=O) groups excluding carboxylic acids is 4. The summed E-state index contributed by atoms with van der Waals surface area (Å²) in [5.74, 6) is -3.64. The van der Waals surface area contributed by atoms with Crippen LogP contribution >= 0.6 is 0 Å². The van der Waals surface area contributed by atoms with Gasteiger partial charge < -0.3 is 9.68 Å². The van der Waals surface area contributed by atoms with Crippen LogP contribution in [0.1, 0.15) is 125 Å². The summed E-state index contributed by atoms with van der Waals surface area (Å²) >= 11 is 0. The number of aryl methyl sites for hydroxylation is 1. The summed E-state index contributed by atoms with van der Waals surface area (Å²) < 4.78 is 170. The maximum Gasteiger partial charge on any atom is 0.389 e. The van der Waals surface area contributed by atoms with E-state index < -0.39 is 116 Å². The highest BCUT2D eigenvalue weighted by atomic mass is 19.4. The van der Waals surface area contributed by atoms with Crippen LogP contribution in [-0.4, -0.2) is 59.6 Å². The van der Waals surface area contributed by atoms with E-state index in [0.29, 0.717) is 16.7 Å². The van der Waals surface area contributed by atoms with E-state index >= 15 is 0 Å². The van der Waals surface area contributed by atoms with Crippen LogP contribution in [-0.2, 0) is 30.1 Å². The minimum absolute atomic E-state index is 0.00337. The lowest BCUT2D eigenvalue weighted by Crippen LogP contribution is -2.30. The number of oxime groups is 2. The zero-order valence-corrected chi connectivity index (χ0v) is 42.2. The van der Waals surface area contributed by atoms with E-state index in [1.165, 1.54) is 97.9 Å². The van der Waals surface area contributed by atoms with Gasteiger partial charge >= 0.3 is 36.6 Å². The fourth-order valence-corrected chi connectivity index (χ4v) is 10.8. The molecule has 0 amide bonds. The van der Waals surface area contributed by atoms with Crippen molar-refractivity contribution >= 4 is 34.9 Å². The summed E-state index contributed by atoms with van der Waals surface area (Å²) in [5.41, 5.74) is -2.45. The predicted octanol–water partition coefficient (Wildman–Crippen LogP) is 15.9. The lowest BCUT2D eigenvalue weighted by molar-refractivity contribution is -0.145. The molecule has 0 saturated carbocycles. The monoisotopic (exact) mass is 1110 g/mol. The normalized spacial score (nSPS) is 14.7. The van der Waals surface area contributed by atoms with E-state index in [4.69, 9.17) is 9.68 Å². The molecule has 0 fully saturated rings. The topological polar surface area (TPSA) is 111 Å². The van der Waals surface area contributed by atoms with Crippen molar-refractivity contribution in [3.63, 3.8) is 0 Å². The second-order valence-electron chi connectivity index (χ2n) is 19.6. The third kappa shape index (κ3) is 12.5. The van der Waals surface area contributed by atoms with E-state index in [-0.39, 0.29) is 72.5 Å². The van der Waals surface area contributed by atoms with Gasteiger partial charge in [-0.1, -0.05) is 120 Å². The van der Waals surface area contributed by atoms with Crippen LogP contribution in [0, 0.1) is 6.92 Å². The summed E-state index contributed by atoms with van der Waals surface area (Å²) in [4.78, 5) is 62.7. The molecule has 0 saturated heterocycles. The average molecular weight is 1110 g/mol. The highest BCUT2D eigenvalue weighted by molar-refractivity contribution is 6.52. The molecule has 0 aromatic heterocycles. The summed E-state index contributed by atoms with van der Waals surface area (Å²) in [6.07, 6.45) is -28.5. The van der Waals surface area contributed by atoms with Gasteiger partial charge in [-0.2, -0.15) is 52.7 Å². The summed E-state index contributed by atoms with van der Waals surface area (Å²) in [6.45, 7) is 3.54.